The van der Waals surface area contributed by atoms with Crippen LogP contribution in [0.15, 0.2) is 46.6 Å². The van der Waals surface area contributed by atoms with Crippen LogP contribution in [0.2, 0.25) is 0 Å². The van der Waals surface area contributed by atoms with E-state index in [0.717, 1.165) is 62.4 Å². The van der Waals surface area contributed by atoms with E-state index in [1.165, 1.54) is 0 Å². The number of azo groups is 1. The normalized spacial score (nSPS) is 16.2. The number of nitrogens with one attached hydrogen (secondary N) is 2. The van der Waals surface area contributed by atoms with Crippen molar-refractivity contribution in [2.24, 2.45) is 10.2 Å². The molecule has 3 heterocycles. The minimum absolute atomic E-state index is 0.110. The number of fused-ring (bicyclic) bond motifs is 2. The summed E-state index contributed by atoms with van der Waals surface area (Å²) in [6, 6.07) is 10.7. The maximum absolute atomic E-state index is 12.6. The van der Waals surface area contributed by atoms with Crippen LogP contribution in [0.1, 0.15) is 27.9 Å². The van der Waals surface area contributed by atoms with Crippen LogP contribution in [-0.2, 0) is 17.6 Å². The molecule has 0 spiro atoms. The van der Waals surface area contributed by atoms with Crippen LogP contribution >= 0.6 is 0 Å². The Morgan fingerprint density at radius 2 is 1.97 bits per heavy atom. The number of likely N-dealkylation sites (N-methyl/N-ethyl adjacent to an activating group) is 1. The third kappa shape index (κ3) is 5.98. The van der Waals surface area contributed by atoms with Crippen LogP contribution in [0.25, 0.3) is 10.9 Å². The SMILES string of the molecule is CN1CCN(CCCNC(=O)c2ccc3c(N=NC(=O)Cc4ccc5c(c4)CCO5)c(O)[nH]c3c2)CC1. The molecule has 194 valence electrons. The molecule has 2 aromatic carbocycles. The lowest BCUT2D eigenvalue weighted by Gasteiger charge is -2.32. The van der Waals surface area contributed by atoms with Crippen molar-refractivity contribution in [3.8, 4) is 11.6 Å². The molecule has 1 aromatic heterocycles. The Kier molecular flexibility index (Phi) is 7.47. The first-order valence-electron chi connectivity index (χ1n) is 12.7. The van der Waals surface area contributed by atoms with Gasteiger partial charge in [-0.3, -0.25) is 9.59 Å². The van der Waals surface area contributed by atoms with Crippen molar-refractivity contribution in [1.29, 1.82) is 0 Å². The molecule has 3 N–H and O–H groups in total. The third-order valence-electron chi connectivity index (χ3n) is 6.92. The van der Waals surface area contributed by atoms with Crippen LogP contribution < -0.4 is 10.1 Å². The topological polar surface area (TPSA) is 123 Å². The summed E-state index contributed by atoms with van der Waals surface area (Å²) in [5.74, 6) is 0.0684. The summed E-state index contributed by atoms with van der Waals surface area (Å²) < 4.78 is 5.50. The monoisotopic (exact) mass is 504 g/mol. The van der Waals surface area contributed by atoms with Crippen LogP contribution in [0.3, 0.4) is 0 Å². The molecule has 1 saturated heterocycles. The summed E-state index contributed by atoms with van der Waals surface area (Å²) in [6.07, 6.45) is 1.83. The molecule has 2 aliphatic heterocycles. The van der Waals surface area contributed by atoms with Gasteiger partial charge in [-0.15, -0.1) is 10.2 Å². The number of nitrogens with zero attached hydrogens (tertiary/aromatic N) is 4. The number of H-pyrrole nitrogens is 1. The molecule has 2 amide bonds. The Morgan fingerprint density at radius 3 is 2.81 bits per heavy atom. The minimum atomic E-state index is -0.416. The number of hydrogen-bond donors (Lipinski definition) is 3. The lowest BCUT2D eigenvalue weighted by Crippen LogP contribution is -2.45. The average Bonchev–Trinajstić information content (AvgIpc) is 3.48. The second-order valence-electron chi connectivity index (χ2n) is 9.65. The van der Waals surface area contributed by atoms with Crippen molar-refractivity contribution in [2.75, 3.05) is 52.9 Å². The number of aromatic hydroxyl groups is 1. The van der Waals surface area contributed by atoms with Gasteiger partial charge >= 0.3 is 0 Å². The zero-order valence-corrected chi connectivity index (χ0v) is 21.0. The van der Waals surface area contributed by atoms with Gasteiger partial charge in [-0.2, -0.15) is 0 Å². The number of aromatic amines is 1. The number of rotatable bonds is 8. The highest BCUT2D eigenvalue weighted by Gasteiger charge is 2.16. The summed E-state index contributed by atoms with van der Waals surface area (Å²) in [7, 11) is 2.14. The number of hydrogen-bond acceptors (Lipinski definition) is 7. The minimum Gasteiger partial charge on any atom is -0.493 e. The molecule has 0 radical (unpaired) electrons. The molecule has 1 fully saturated rings. The fraction of sp³-hybridized carbons (Fsp3) is 0.407. The standard InChI is InChI=1S/C27H32N6O4/c1-32-10-12-33(13-11-32)9-2-8-28-26(35)20-4-5-21-22(17-20)29-27(36)25(21)31-30-24(34)16-18-3-6-23-19(15-18)7-14-37-23/h3-6,15,17,29,36H,2,7-14,16H2,1H3,(H,28,35). The number of benzene rings is 2. The molecule has 0 unspecified atom stereocenters. The van der Waals surface area contributed by atoms with Crippen LogP contribution in [0.4, 0.5) is 5.69 Å². The predicted octanol–water partition coefficient (Wildman–Crippen LogP) is 3.03. The summed E-state index contributed by atoms with van der Waals surface area (Å²) in [5.41, 5.74) is 3.13. The lowest BCUT2D eigenvalue weighted by atomic mass is 10.1. The highest BCUT2D eigenvalue weighted by Crippen LogP contribution is 2.36. The molecular formula is C27H32N6O4. The molecule has 0 saturated carbocycles. The van der Waals surface area contributed by atoms with Crippen molar-refractivity contribution < 1.29 is 19.4 Å². The summed E-state index contributed by atoms with van der Waals surface area (Å²) in [4.78, 5) is 32.6. The molecule has 0 atom stereocenters. The predicted molar refractivity (Wildman–Crippen MR) is 140 cm³/mol. The fourth-order valence-electron chi connectivity index (χ4n) is 4.75. The Labute approximate surface area is 215 Å². The average molecular weight is 505 g/mol. The first-order chi connectivity index (χ1) is 18.0. The number of carbonyl (C=O) groups is 2. The molecule has 3 aromatic rings. The summed E-state index contributed by atoms with van der Waals surface area (Å²) in [6.45, 7) is 6.50. The summed E-state index contributed by atoms with van der Waals surface area (Å²) in [5, 5.41) is 21.7. The van der Waals surface area contributed by atoms with Crippen molar-refractivity contribution in [3.05, 3.63) is 53.1 Å². The van der Waals surface area contributed by atoms with Crippen molar-refractivity contribution >= 4 is 28.4 Å². The lowest BCUT2D eigenvalue weighted by molar-refractivity contribution is -0.117. The number of piperazine rings is 1. The number of aromatic nitrogens is 1. The van der Waals surface area contributed by atoms with E-state index in [4.69, 9.17) is 4.74 Å². The molecule has 0 bridgehead atoms. The number of carbonyl (C=O) groups excluding carboxylic acids is 2. The second-order valence-corrected chi connectivity index (χ2v) is 9.65. The zero-order valence-electron chi connectivity index (χ0n) is 21.0. The quantitative estimate of drug-likeness (QED) is 0.320. The molecule has 5 rings (SSSR count). The van der Waals surface area contributed by atoms with Gasteiger partial charge in [-0.25, -0.2) is 0 Å². The van der Waals surface area contributed by atoms with E-state index in [0.29, 0.717) is 29.6 Å². The smallest absolute Gasteiger partial charge is 0.269 e. The van der Waals surface area contributed by atoms with Gasteiger partial charge in [0.15, 0.2) is 5.69 Å². The molecule has 2 aliphatic rings. The first kappa shape index (κ1) is 24.9. The van der Waals surface area contributed by atoms with Gasteiger partial charge < -0.3 is 29.9 Å². The van der Waals surface area contributed by atoms with Crippen LogP contribution in [0, 0.1) is 0 Å². The van der Waals surface area contributed by atoms with Crippen molar-refractivity contribution in [1.82, 2.24) is 20.1 Å². The first-order valence-corrected chi connectivity index (χ1v) is 12.7. The van der Waals surface area contributed by atoms with E-state index in [2.05, 4.69) is 37.4 Å². The molecule has 37 heavy (non-hydrogen) atoms. The highest BCUT2D eigenvalue weighted by molar-refractivity contribution is 6.01. The van der Waals surface area contributed by atoms with E-state index < -0.39 is 5.91 Å². The fourth-order valence-corrected chi connectivity index (χ4v) is 4.75. The van der Waals surface area contributed by atoms with Crippen LogP contribution in [-0.4, -0.2) is 84.6 Å². The van der Waals surface area contributed by atoms with E-state index in [1.54, 1.807) is 18.2 Å². The second kappa shape index (κ2) is 11.1. The van der Waals surface area contributed by atoms with Gasteiger partial charge in [0.05, 0.1) is 18.5 Å². The van der Waals surface area contributed by atoms with Gasteiger partial charge in [0, 0.05) is 50.1 Å². The van der Waals surface area contributed by atoms with Gasteiger partial charge in [-0.05, 0) is 55.4 Å². The van der Waals surface area contributed by atoms with Gasteiger partial charge in [0.2, 0.25) is 5.88 Å². The Morgan fingerprint density at radius 1 is 1.14 bits per heavy atom. The zero-order chi connectivity index (χ0) is 25.8. The van der Waals surface area contributed by atoms with Crippen molar-refractivity contribution in [2.45, 2.75) is 19.3 Å². The number of amides is 2. The molecule has 10 nitrogen and oxygen atoms in total. The van der Waals surface area contributed by atoms with Crippen LogP contribution in [0.5, 0.6) is 11.6 Å². The largest absolute Gasteiger partial charge is 0.493 e. The van der Waals surface area contributed by atoms with E-state index in [1.807, 2.05) is 18.2 Å². The highest BCUT2D eigenvalue weighted by atomic mass is 16.5. The van der Waals surface area contributed by atoms with Gasteiger partial charge in [0.1, 0.15) is 5.75 Å². The summed E-state index contributed by atoms with van der Waals surface area (Å²) >= 11 is 0. The maximum atomic E-state index is 12.6. The Hall–Kier alpha value is -3.76. The Bertz CT molecular complexity index is 1330. The number of ether oxygens (including phenoxy) is 1. The van der Waals surface area contributed by atoms with E-state index in [9.17, 15) is 14.7 Å². The van der Waals surface area contributed by atoms with Crippen molar-refractivity contribution in [3.63, 3.8) is 0 Å². The molecule has 0 aliphatic carbocycles. The maximum Gasteiger partial charge on any atom is 0.269 e. The molecule has 10 heteroatoms. The van der Waals surface area contributed by atoms with E-state index >= 15 is 0 Å². The molecular weight excluding hydrogens is 472 g/mol. The van der Waals surface area contributed by atoms with Gasteiger partial charge in [-0.1, -0.05) is 12.1 Å². The Balaban J connectivity index is 1.16. The van der Waals surface area contributed by atoms with Gasteiger partial charge in [0.25, 0.3) is 11.8 Å². The third-order valence-corrected chi connectivity index (χ3v) is 6.92. The van der Waals surface area contributed by atoms with E-state index in [-0.39, 0.29) is 23.9 Å².